The topological polar surface area (TPSA) is 34.1 Å². The van der Waals surface area contributed by atoms with Crippen LogP contribution in [-0.2, 0) is 9.59 Å². The molecule has 0 N–H and O–H groups in total. The highest BCUT2D eigenvalue weighted by Crippen LogP contribution is 2.40. The number of ketones is 2. The summed E-state index contributed by atoms with van der Waals surface area (Å²) >= 11 is 1.69. The number of hydrogen-bond acceptors (Lipinski definition) is 3. The fourth-order valence-corrected chi connectivity index (χ4v) is 3.47. The Morgan fingerprint density at radius 3 is 2.20 bits per heavy atom. The minimum atomic E-state index is -0.137. The number of rotatable bonds is 0. The maximum absolute atomic E-state index is 11.9. The summed E-state index contributed by atoms with van der Waals surface area (Å²) in [5, 5.41) is 0. The van der Waals surface area contributed by atoms with E-state index in [0.29, 0.717) is 18.4 Å². The number of carbonyl (C=O) groups is 2. The van der Waals surface area contributed by atoms with Crippen molar-refractivity contribution in [2.75, 3.05) is 5.75 Å². The molecule has 1 aliphatic heterocycles. The molecule has 1 saturated heterocycles. The molecule has 0 aromatic carbocycles. The van der Waals surface area contributed by atoms with Crippen molar-refractivity contribution < 1.29 is 9.59 Å². The third kappa shape index (κ3) is 2.17. The summed E-state index contributed by atoms with van der Waals surface area (Å²) in [5.74, 6) is 1.20. The summed E-state index contributed by atoms with van der Waals surface area (Å²) in [6, 6.07) is 0. The smallest absolute Gasteiger partial charge is 0.167 e. The van der Waals surface area contributed by atoms with E-state index in [1.54, 1.807) is 11.8 Å². The van der Waals surface area contributed by atoms with Gasteiger partial charge < -0.3 is 0 Å². The van der Waals surface area contributed by atoms with Crippen LogP contribution in [0.4, 0.5) is 0 Å². The summed E-state index contributed by atoms with van der Waals surface area (Å²) in [7, 11) is 0. The van der Waals surface area contributed by atoms with Crippen LogP contribution in [0.15, 0.2) is 10.5 Å². The van der Waals surface area contributed by atoms with E-state index >= 15 is 0 Å². The average Bonchev–Trinajstić information content (AvgIpc) is 2.52. The predicted molar refractivity (Wildman–Crippen MR) is 61.7 cm³/mol. The first-order valence-corrected chi connectivity index (χ1v) is 6.40. The molecule has 2 aliphatic rings. The highest BCUT2D eigenvalue weighted by molar-refractivity contribution is 8.03. The normalized spacial score (nSPS) is 26.3. The molecule has 2 fully saturated rings. The largest absolute Gasteiger partial charge is 0.294 e. The molecule has 0 amide bonds. The average molecular weight is 224 g/mol. The lowest BCUT2D eigenvalue weighted by Crippen LogP contribution is -2.32. The summed E-state index contributed by atoms with van der Waals surface area (Å²) in [5.41, 5.74) is 0.401. The molecular weight excluding hydrogens is 208 g/mol. The molecule has 0 aromatic rings. The van der Waals surface area contributed by atoms with E-state index < -0.39 is 0 Å². The van der Waals surface area contributed by atoms with Crippen molar-refractivity contribution in [3.8, 4) is 0 Å². The van der Waals surface area contributed by atoms with Gasteiger partial charge in [-0.15, -0.1) is 11.8 Å². The van der Waals surface area contributed by atoms with Crippen LogP contribution in [0.1, 0.15) is 39.5 Å². The van der Waals surface area contributed by atoms with E-state index in [1.807, 2.05) is 13.8 Å². The van der Waals surface area contributed by atoms with Crippen molar-refractivity contribution in [2.45, 2.75) is 39.5 Å². The van der Waals surface area contributed by atoms with Crippen LogP contribution < -0.4 is 0 Å². The van der Waals surface area contributed by atoms with Gasteiger partial charge in [-0.05, 0) is 28.9 Å². The first-order chi connectivity index (χ1) is 6.99. The fourth-order valence-electron chi connectivity index (χ4n) is 2.27. The summed E-state index contributed by atoms with van der Waals surface area (Å²) in [6.07, 6.45) is 3.08. The van der Waals surface area contributed by atoms with Crippen molar-refractivity contribution >= 4 is 23.3 Å². The highest BCUT2D eigenvalue weighted by atomic mass is 32.2. The van der Waals surface area contributed by atoms with Gasteiger partial charge in [0.2, 0.25) is 0 Å². The minimum absolute atomic E-state index is 0.0700. The first kappa shape index (κ1) is 10.9. The first-order valence-electron chi connectivity index (χ1n) is 5.42. The zero-order valence-corrected chi connectivity index (χ0v) is 10.1. The lowest BCUT2D eigenvalue weighted by Gasteiger charge is -2.29. The summed E-state index contributed by atoms with van der Waals surface area (Å²) in [6.45, 7) is 3.98. The number of thioether (sulfide) groups is 1. The van der Waals surface area contributed by atoms with Gasteiger partial charge in [0.15, 0.2) is 11.6 Å². The molecule has 0 unspecified atom stereocenters. The second kappa shape index (κ2) is 3.78. The van der Waals surface area contributed by atoms with Gasteiger partial charge in [-0.2, -0.15) is 0 Å². The van der Waals surface area contributed by atoms with Gasteiger partial charge in [0, 0.05) is 12.8 Å². The Kier molecular flexibility index (Phi) is 2.75. The molecule has 0 spiro atoms. The minimum Gasteiger partial charge on any atom is -0.294 e. The van der Waals surface area contributed by atoms with Gasteiger partial charge in [0.1, 0.15) is 0 Å². The number of carbonyl (C=O) groups excluding carboxylic acids is 2. The van der Waals surface area contributed by atoms with Crippen LogP contribution >= 0.6 is 11.8 Å². The number of Topliss-reactive ketones (excluding diaryl/α,β-unsaturated/α-hetero) is 2. The van der Waals surface area contributed by atoms with Gasteiger partial charge in [-0.1, -0.05) is 13.8 Å². The van der Waals surface area contributed by atoms with Crippen LogP contribution in [0.3, 0.4) is 0 Å². The molecule has 0 atom stereocenters. The molecule has 2 nitrogen and oxygen atoms in total. The van der Waals surface area contributed by atoms with Crippen molar-refractivity contribution in [2.24, 2.45) is 5.41 Å². The standard InChI is InChI=1S/C12H16O2S/c1-12(2)6-8(13)11(9(14)7-12)10-4-3-5-15-10/h3-7H2,1-2H3. The fraction of sp³-hybridized carbons (Fsp3) is 0.667. The molecule has 0 aromatic heterocycles. The van der Waals surface area contributed by atoms with Crippen molar-refractivity contribution in [1.82, 2.24) is 0 Å². The van der Waals surface area contributed by atoms with E-state index in [9.17, 15) is 9.59 Å². The SMILES string of the molecule is CC1(C)CC(=O)C(=C2CCCS2)C(=O)C1. The molecule has 0 bridgehead atoms. The molecule has 2 rings (SSSR count). The quantitative estimate of drug-likeness (QED) is 0.468. The van der Waals surface area contributed by atoms with Crippen LogP contribution in [0, 0.1) is 5.41 Å². The molecule has 15 heavy (non-hydrogen) atoms. The van der Waals surface area contributed by atoms with E-state index in [-0.39, 0.29) is 17.0 Å². The van der Waals surface area contributed by atoms with Gasteiger partial charge in [-0.25, -0.2) is 0 Å². The van der Waals surface area contributed by atoms with E-state index in [0.717, 1.165) is 23.5 Å². The predicted octanol–water partition coefficient (Wildman–Crippen LogP) is 2.73. The lowest BCUT2D eigenvalue weighted by molar-refractivity contribution is -0.127. The molecule has 3 heteroatoms. The molecular formula is C12H16O2S. The van der Waals surface area contributed by atoms with Gasteiger partial charge >= 0.3 is 0 Å². The van der Waals surface area contributed by atoms with Crippen molar-refractivity contribution in [3.05, 3.63) is 10.5 Å². The second-order valence-corrected chi connectivity index (χ2v) is 6.30. The molecule has 1 aliphatic carbocycles. The number of hydrogen-bond donors (Lipinski definition) is 0. The van der Waals surface area contributed by atoms with E-state index in [1.165, 1.54) is 0 Å². The Morgan fingerprint density at radius 1 is 1.13 bits per heavy atom. The Balaban J connectivity index is 2.31. The Bertz CT molecular complexity index is 323. The van der Waals surface area contributed by atoms with Crippen molar-refractivity contribution in [3.63, 3.8) is 0 Å². The third-order valence-corrected chi connectivity index (χ3v) is 4.19. The van der Waals surface area contributed by atoms with Gasteiger partial charge in [-0.3, -0.25) is 9.59 Å². The molecule has 82 valence electrons. The molecule has 1 saturated carbocycles. The molecule has 0 radical (unpaired) electrons. The third-order valence-electron chi connectivity index (χ3n) is 2.94. The van der Waals surface area contributed by atoms with Gasteiger partial charge in [0.25, 0.3) is 0 Å². The summed E-state index contributed by atoms with van der Waals surface area (Å²) in [4.78, 5) is 24.9. The van der Waals surface area contributed by atoms with E-state index in [2.05, 4.69) is 0 Å². The zero-order valence-electron chi connectivity index (χ0n) is 9.26. The van der Waals surface area contributed by atoms with Crippen LogP contribution in [0.2, 0.25) is 0 Å². The van der Waals surface area contributed by atoms with Gasteiger partial charge in [0.05, 0.1) is 5.57 Å². The van der Waals surface area contributed by atoms with Crippen molar-refractivity contribution in [1.29, 1.82) is 0 Å². The van der Waals surface area contributed by atoms with Crippen LogP contribution in [0.5, 0.6) is 0 Å². The Morgan fingerprint density at radius 2 is 1.73 bits per heavy atom. The number of allylic oxidation sites excluding steroid dienone is 2. The maximum Gasteiger partial charge on any atom is 0.167 e. The van der Waals surface area contributed by atoms with Crippen LogP contribution in [-0.4, -0.2) is 17.3 Å². The van der Waals surface area contributed by atoms with E-state index in [4.69, 9.17) is 0 Å². The van der Waals surface area contributed by atoms with Crippen LogP contribution in [0.25, 0.3) is 0 Å². The highest BCUT2D eigenvalue weighted by Gasteiger charge is 2.37. The molecule has 1 heterocycles. The zero-order chi connectivity index (χ0) is 11.1. The lowest BCUT2D eigenvalue weighted by atomic mass is 9.74. The Labute approximate surface area is 94.5 Å². The maximum atomic E-state index is 11.9. The second-order valence-electron chi connectivity index (χ2n) is 5.11. The Hall–Kier alpha value is -0.570. The monoisotopic (exact) mass is 224 g/mol. The summed E-state index contributed by atoms with van der Waals surface area (Å²) < 4.78 is 0.